The minimum atomic E-state index is -0.563. The lowest BCUT2D eigenvalue weighted by atomic mass is 9.68. The van der Waals surface area contributed by atoms with Gasteiger partial charge < -0.3 is 5.73 Å². The van der Waals surface area contributed by atoms with Crippen molar-refractivity contribution in [1.82, 2.24) is 0 Å². The number of allylic oxidation sites excluding steroid dienone is 3. The third-order valence-corrected chi connectivity index (χ3v) is 9.75. The second-order valence-electron chi connectivity index (χ2n) is 11.5. The van der Waals surface area contributed by atoms with E-state index in [2.05, 4.69) is 39.0 Å². The minimum absolute atomic E-state index is 0.0380. The molecule has 1 aliphatic heterocycles. The molecule has 0 radical (unpaired) electrons. The van der Waals surface area contributed by atoms with Gasteiger partial charge in [0.25, 0.3) is 0 Å². The summed E-state index contributed by atoms with van der Waals surface area (Å²) in [5.41, 5.74) is 13.2. The Bertz CT molecular complexity index is 1690. The topological polar surface area (TPSA) is 70.1 Å². The molecule has 0 spiro atoms. The van der Waals surface area contributed by atoms with Crippen molar-refractivity contribution in [2.24, 2.45) is 11.1 Å². The largest absolute Gasteiger partial charge is 0.384 e. The highest BCUT2D eigenvalue weighted by atomic mass is 35.5. The molecule has 0 fully saturated rings. The SMILES string of the molecule is Cc1cc(CSc2cc(Cl)ccc2Cl)c(C)c(C2C(C#N)=C(N)N(c3cccc(Cl)c3)C3=C2C(=O)CC(C)(C)C3)c1. The number of benzene rings is 3. The van der Waals surface area contributed by atoms with Crippen molar-refractivity contribution in [3.63, 3.8) is 0 Å². The molecule has 5 rings (SSSR count). The van der Waals surface area contributed by atoms with E-state index in [0.717, 1.165) is 38.5 Å². The number of aryl methyl sites for hydroxylation is 1. The molecule has 0 bridgehead atoms. The van der Waals surface area contributed by atoms with Crippen LogP contribution in [0.3, 0.4) is 0 Å². The number of nitriles is 1. The van der Waals surface area contributed by atoms with Gasteiger partial charge in [0.05, 0.1) is 22.6 Å². The van der Waals surface area contributed by atoms with Crippen LogP contribution in [-0.4, -0.2) is 5.78 Å². The summed E-state index contributed by atoms with van der Waals surface area (Å²) in [6.45, 7) is 8.27. The maximum absolute atomic E-state index is 14.0. The van der Waals surface area contributed by atoms with E-state index in [4.69, 9.17) is 40.5 Å². The highest BCUT2D eigenvalue weighted by Gasteiger charge is 2.45. The summed E-state index contributed by atoms with van der Waals surface area (Å²) in [5, 5.41) is 12.3. The van der Waals surface area contributed by atoms with Crippen LogP contribution >= 0.6 is 46.6 Å². The van der Waals surface area contributed by atoms with Gasteiger partial charge in [0.1, 0.15) is 5.82 Å². The molecule has 2 N–H and O–H groups in total. The van der Waals surface area contributed by atoms with Crippen LogP contribution in [0.1, 0.15) is 54.9 Å². The fourth-order valence-corrected chi connectivity index (χ4v) is 7.62. The van der Waals surface area contributed by atoms with Gasteiger partial charge in [-0.1, -0.05) is 72.4 Å². The first-order chi connectivity index (χ1) is 19.4. The van der Waals surface area contributed by atoms with Crippen molar-refractivity contribution >= 4 is 58.0 Å². The van der Waals surface area contributed by atoms with Crippen LogP contribution < -0.4 is 10.6 Å². The molecule has 0 saturated carbocycles. The van der Waals surface area contributed by atoms with E-state index in [0.29, 0.717) is 50.6 Å². The molecule has 1 atom stereocenters. The van der Waals surface area contributed by atoms with Gasteiger partial charge in [0.15, 0.2) is 5.78 Å². The summed E-state index contributed by atoms with van der Waals surface area (Å²) in [5.74, 6) is 0.450. The number of nitrogens with two attached hydrogens (primary N) is 1. The summed E-state index contributed by atoms with van der Waals surface area (Å²) in [6.07, 6.45) is 1.03. The standard InChI is InChI=1S/C33H30Cl3N3OS/c1-18-10-20(17-41-29-13-22(35)8-9-26(29)36)19(2)24(11-18)30-25(16-37)32(38)39(23-7-5-6-21(34)12-23)27-14-33(3,4)15-28(40)31(27)30/h5-13,30H,14-15,17,38H2,1-4H3. The maximum Gasteiger partial charge on any atom is 0.162 e. The number of nitrogens with zero attached hydrogens (tertiary/aromatic N) is 2. The molecule has 1 aliphatic carbocycles. The molecule has 1 unspecified atom stereocenters. The van der Waals surface area contributed by atoms with Crippen LogP contribution in [0.25, 0.3) is 0 Å². The molecule has 4 nitrogen and oxygen atoms in total. The summed E-state index contributed by atoms with van der Waals surface area (Å²) >= 11 is 20.6. The second kappa shape index (κ2) is 11.4. The number of ketones is 1. The van der Waals surface area contributed by atoms with Gasteiger partial charge in [-0.2, -0.15) is 5.26 Å². The van der Waals surface area contributed by atoms with Crippen molar-refractivity contribution in [3.05, 3.63) is 115 Å². The highest BCUT2D eigenvalue weighted by molar-refractivity contribution is 7.98. The molecule has 0 aromatic heterocycles. The highest BCUT2D eigenvalue weighted by Crippen LogP contribution is 2.51. The molecular formula is C33H30Cl3N3OS. The Kier molecular flexibility index (Phi) is 8.25. The number of thioether (sulfide) groups is 1. The van der Waals surface area contributed by atoms with Gasteiger partial charge in [0.2, 0.25) is 0 Å². The first-order valence-electron chi connectivity index (χ1n) is 13.3. The fourth-order valence-electron chi connectivity index (χ4n) is 5.89. The van der Waals surface area contributed by atoms with Crippen LogP contribution in [0.4, 0.5) is 5.69 Å². The normalized spacial score (nSPS) is 18.4. The molecule has 1 heterocycles. The Labute approximate surface area is 260 Å². The van der Waals surface area contributed by atoms with E-state index in [-0.39, 0.29) is 11.2 Å². The maximum atomic E-state index is 14.0. The minimum Gasteiger partial charge on any atom is -0.384 e. The monoisotopic (exact) mass is 621 g/mol. The summed E-state index contributed by atoms with van der Waals surface area (Å²) in [4.78, 5) is 16.7. The van der Waals surface area contributed by atoms with Gasteiger partial charge >= 0.3 is 0 Å². The lowest BCUT2D eigenvalue weighted by Crippen LogP contribution is -2.42. The predicted molar refractivity (Wildman–Crippen MR) is 170 cm³/mol. The third kappa shape index (κ3) is 5.76. The number of rotatable bonds is 5. The molecule has 41 heavy (non-hydrogen) atoms. The number of hydrogen-bond acceptors (Lipinski definition) is 5. The van der Waals surface area contributed by atoms with Crippen molar-refractivity contribution < 1.29 is 4.79 Å². The van der Waals surface area contributed by atoms with Gasteiger partial charge in [-0.25, -0.2) is 0 Å². The van der Waals surface area contributed by atoms with Crippen molar-refractivity contribution in [1.29, 1.82) is 5.26 Å². The summed E-state index contributed by atoms with van der Waals surface area (Å²) < 4.78 is 0. The number of carbonyl (C=O) groups is 1. The zero-order valence-electron chi connectivity index (χ0n) is 23.3. The van der Waals surface area contributed by atoms with E-state index in [1.54, 1.807) is 30.0 Å². The molecular weight excluding hydrogens is 593 g/mol. The first kappa shape index (κ1) is 29.6. The summed E-state index contributed by atoms with van der Waals surface area (Å²) in [7, 11) is 0. The van der Waals surface area contributed by atoms with E-state index >= 15 is 0 Å². The van der Waals surface area contributed by atoms with E-state index < -0.39 is 5.92 Å². The number of anilines is 1. The smallest absolute Gasteiger partial charge is 0.162 e. The zero-order chi connectivity index (χ0) is 29.6. The van der Waals surface area contributed by atoms with Crippen LogP contribution in [-0.2, 0) is 10.5 Å². The van der Waals surface area contributed by atoms with Crippen LogP contribution in [0, 0.1) is 30.6 Å². The number of Topliss-reactive ketones (excluding diaryl/α,β-unsaturated/α-hetero) is 1. The Morgan fingerprint density at radius 2 is 1.78 bits per heavy atom. The lowest BCUT2D eigenvalue weighted by Gasteiger charge is -2.44. The zero-order valence-corrected chi connectivity index (χ0v) is 26.4. The Hall–Kier alpha value is -2.88. The lowest BCUT2D eigenvalue weighted by molar-refractivity contribution is -0.118. The van der Waals surface area contributed by atoms with Gasteiger partial charge in [0, 0.05) is 44.1 Å². The first-order valence-corrected chi connectivity index (χ1v) is 15.4. The second-order valence-corrected chi connectivity index (χ2v) is 13.8. The Balaban J connectivity index is 1.67. The average Bonchev–Trinajstić information content (AvgIpc) is 2.89. The summed E-state index contributed by atoms with van der Waals surface area (Å²) in [6, 6.07) is 19.4. The molecule has 0 saturated heterocycles. The van der Waals surface area contributed by atoms with E-state index in [1.165, 1.54) is 0 Å². The number of hydrogen-bond donors (Lipinski definition) is 1. The van der Waals surface area contributed by atoms with Crippen molar-refractivity contribution in [3.8, 4) is 6.07 Å². The average molecular weight is 623 g/mol. The van der Waals surface area contributed by atoms with Crippen LogP contribution in [0.5, 0.6) is 0 Å². The van der Waals surface area contributed by atoms with Gasteiger partial charge in [-0.05, 0) is 78.8 Å². The molecule has 3 aromatic rings. The fraction of sp³-hybridized carbons (Fsp3) is 0.273. The molecule has 210 valence electrons. The molecule has 2 aliphatic rings. The Morgan fingerprint density at radius 1 is 1.05 bits per heavy atom. The van der Waals surface area contributed by atoms with E-state index in [1.807, 2.05) is 36.1 Å². The van der Waals surface area contributed by atoms with Crippen LogP contribution in [0.2, 0.25) is 15.1 Å². The van der Waals surface area contributed by atoms with Gasteiger partial charge in [-0.15, -0.1) is 11.8 Å². The van der Waals surface area contributed by atoms with E-state index in [9.17, 15) is 10.1 Å². The number of halogens is 3. The molecule has 8 heteroatoms. The predicted octanol–water partition coefficient (Wildman–Crippen LogP) is 9.50. The number of carbonyl (C=O) groups excluding carboxylic acids is 1. The van der Waals surface area contributed by atoms with Crippen molar-refractivity contribution in [2.75, 3.05) is 4.90 Å². The quantitative estimate of drug-likeness (QED) is 0.287. The van der Waals surface area contributed by atoms with Crippen molar-refractivity contribution in [2.45, 2.75) is 57.1 Å². The molecule has 0 amide bonds. The third-order valence-electron chi connectivity index (χ3n) is 7.73. The van der Waals surface area contributed by atoms with Crippen LogP contribution in [0.15, 0.2) is 82.2 Å². The Morgan fingerprint density at radius 3 is 2.49 bits per heavy atom. The van der Waals surface area contributed by atoms with Gasteiger partial charge in [-0.3, -0.25) is 9.69 Å². The molecule has 3 aromatic carbocycles.